The van der Waals surface area contributed by atoms with Gasteiger partial charge in [-0.25, -0.2) is 0 Å². The minimum Gasteiger partial charge on any atom is -0.496 e. The lowest BCUT2D eigenvalue weighted by Gasteiger charge is -2.34. The molecule has 23 heavy (non-hydrogen) atoms. The van der Waals surface area contributed by atoms with Crippen molar-refractivity contribution in [3.8, 4) is 11.5 Å². The maximum Gasteiger partial charge on any atom is 0.145 e. The van der Waals surface area contributed by atoms with Gasteiger partial charge in [-0.05, 0) is 31.0 Å². The number of aliphatic hydroxyl groups excluding tert-OH is 1. The molecular weight excluding hydrogens is 294 g/mol. The lowest BCUT2D eigenvalue weighted by atomic mass is 10.1. The number of nitrogens with zero attached hydrogens (tertiary/aromatic N) is 2. The molecule has 0 saturated carbocycles. The van der Waals surface area contributed by atoms with E-state index in [1.165, 1.54) is 0 Å². The van der Waals surface area contributed by atoms with Crippen molar-refractivity contribution in [2.45, 2.75) is 12.8 Å². The minimum atomic E-state index is 0.249. The van der Waals surface area contributed by atoms with E-state index in [4.69, 9.17) is 20.3 Å². The number of aliphatic hydroxyl groups is 1. The predicted octanol–water partition coefficient (Wildman–Crippen LogP) is 0.829. The van der Waals surface area contributed by atoms with Crippen LogP contribution in [0.3, 0.4) is 0 Å². The molecule has 0 radical (unpaired) electrons. The van der Waals surface area contributed by atoms with Crippen molar-refractivity contribution in [3.05, 3.63) is 17.7 Å². The molecule has 6 nitrogen and oxygen atoms in total. The van der Waals surface area contributed by atoms with E-state index in [9.17, 15) is 0 Å². The van der Waals surface area contributed by atoms with Gasteiger partial charge in [0.2, 0.25) is 0 Å². The normalized spacial score (nSPS) is 16.5. The fourth-order valence-corrected chi connectivity index (χ4v) is 3.06. The SMILES string of the molecule is COc1cc(OC)c(CCCN2CCN(CCO)CC2)cc1N. The van der Waals surface area contributed by atoms with Crippen molar-refractivity contribution >= 4 is 5.69 Å². The van der Waals surface area contributed by atoms with Crippen LogP contribution in [0.2, 0.25) is 0 Å². The molecular formula is C17H29N3O3. The summed E-state index contributed by atoms with van der Waals surface area (Å²) in [6.45, 7) is 6.33. The van der Waals surface area contributed by atoms with Crippen LogP contribution >= 0.6 is 0 Å². The van der Waals surface area contributed by atoms with E-state index < -0.39 is 0 Å². The second-order valence-corrected chi connectivity index (χ2v) is 5.92. The first-order valence-corrected chi connectivity index (χ1v) is 8.24. The van der Waals surface area contributed by atoms with Crippen molar-refractivity contribution in [1.29, 1.82) is 0 Å². The van der Waals surface area contributed by atoms with Crippen LogP contribution in [0.15, 0.2) is 12.1 Å². The highest BCUT2D eigenvalue weighted by molar-refractivity contribution is 5.59. The molecule has 1 fully saturated rings. The number of ether oxygens (including phenoxy) is 2. The maximum atomic E-state index is 8.97. The lowest BCUT2D eigenvalue weighted by Crippen LogP contribution is -2.47. The van der Waals surface area contributed by atoms with Crippen molar-refractivity contribution in [2.75, 3.05) is 65.8 Å². The van der Waals surface area contributed by atoms with Crippen molar-refractivity contribution < 1.29 is 14.6 Å². The van der Waals surface area contributed by atoms with Crippen LogP contribution in [-0.2, 0) is 6.42 Å². The first-order chi connectivity index (χ1) is 11.2. The summed E-state index contributed by atoms with van der Waals surface area (Å²) < 4.78 is 10.7. The number of rotatable bonds is 8. The average molecular weight is 323 g/mol. The third-order valence-corrected chi connectivity index (χ3v) is 4.43. The van der Waals surface area contributed by atoms with Gasteiger partial charge in [0.05, 0.1) is 26.5 Å². The molecule has 0 aromatic heterocycles. The summed E-state index contributed by atoms with van der Waals surface area (Å²) in [5.41, 5.74) is 7.78. The zero-order valence-electron chi connectivity index (χ0n) is 14.3. The highest BCUT2D eigenvalue weighted by Gasteiger charge is 2.16. The topological polar surface area (TPSA) is 71.2 Å². The van der Waals surface area contributed by atoms with Gasteiger partial charge in [-0.15, -0.1) is 0 Å². The second kappa shape index (κ2) is 8.96. The molecule has 1 heterocycles. The summed E-state index contributed by atoms with van der Waals surface area (Å²) >= 11 is 0. The Morgan fingerprint density at radius 2 is 1.61 bits per heavy atom. The van der Waals surface area contributed by atoms with E-state index >= 15 is 0 Å². The zero-order valence-corrected chi connectivity index (χ0v) is 14.3. The Balaban J connectivity index is 1.81. The Bertz CT molecular complexity index is 488. The van der Waals surface area contributed by atoms with Crippen LogP contribution < -0.4 is 15.2 Å². The number of β-amino-alcohol motifs (C(OH)–C–C–N with tert-alkyl or cyclic N) is 1. The average Bonchev–Trinajstić information content (AvgIpc) is 2.57. The Morgan fingerprint density at radius 1 is 1.00 bits per heavy atom. The van der Waals surface area contributed by atoms with E-state index in [-0.39, 0.29) is 6.61 Å². The van der Waals surface area contributed by atoms with E-state index in [0.717, 1.165) is 63.4 Å². The summed E-state index contributed by atoms with van der Waals surface area (Å²) in [6.07, 6.45) is 2.01. The molecule has 130 valence electrons. The van der Waals surface area contributed by atoms with Crippen LogP contribution in [0, 0.1) is 0 Å². The van der Waals surface area contributed by atoms with Crippen LogP contribution in [0.25, 0.3) is 0 Å². The van der Waals surface area contributed by atoms with Crippen molar-refractivity contribution in [1.82, 2.24) is 9.80 Å². The zero-order chi connectivity index (χ0) is 16.7. The number of anilines is 1. The van der Waals surface area contributed by atoms with Crippen LogP contribution in [-0.4, -0.2) is 75.0 Å². The molecule has 0 amide bonds. The van der Waals surface area contributed by atoms with Gasteiger partial charge in [-0.3, -0.25) is 4.90 Å². The molecule has 0 atom stereocenters. The number of piperazine rings is 1. The van der Waals surface area contributed by atoms with Crippen molar-refractivity contribution in [3.63, 3.8) is 0 Å². The second-order valence-electron chi connectivity index (χ2n) is 5.92. The molecule has 6 heteroatoms. The maximum absolute atomic E-state index is 8.97. The Kier molecular flexibility index (Phi) is 6.95. The molecule has 1 aliphatic rings. The van der Waals surface area contributed by atoms with Gasteiger partial charge in [0.1, 0.15) is 11.5 Å². The molecule has 0 bridgehead atoms. The molecule has 3 N–H and O–H groups in total. The van der Waals surface area contributed by atoms with Gasteiger partial charge in [0, 0.05) is 38.8 Å². The molecule has 2 rings (SSSR count). The number of nitrogen functional groups attached to an aromatic ring is 1. The Labute approximate surface area is 138 Å². The number of hydrogen-bond acceptors (Lipinski definition) is 6. The molecule has 0 unspecified atom stereocenters. The number of hydrogen-bond donors (Lipinski definition) is 2. The Hall–Kier alpha value is -1.50. The number of methoxy groups -OCH3 is 2. The number of aryl methyl sites for hydroxylation is 1. The van der Waals surface area contributed by atoms with Gasteiger partial charge in [0.25, 0.3) is 0 Å². The summed E-state index contributed by atoms with van der Waals surface area (Å²) in [4.78, 5) is 4.79. The molecule has 1 aromatic rings. The number of benzene rings is 1. The van der Waals surface area contributed by atoms with Crippen LogP contribution in [0.4, 0.5) is 5.69 Å². The van der Waals surface area contributed by atoms with E-state index in [0.29, 0.717) is 11.4 Å². The van der Waals surface area contributed by atoms with Crippen molar-refractivity contribution in [2.24, 2.45) is 0 Å². The molecule has 0 spiro atoms. The monoisotopic (exact) mass is 323 g/mol. The largest absolute Gasteiger partial charge is 0.496 e. The highest BCUT2D eigenvalue weighted by Crippen LogP contribution is 2.31. The molecule has 0 aliphatic carbocycles. The van der Waals surface area contributed by atoms with Gasteiger partial charge in [0.15, 0.2) is 0 Å². The Morgan fingerprint density at radius 3 is 2.17 bits per heavy atom. The first-order valence-electron chi connectivity index (χ1n) is 8.24. The standard InChI is InChI=1S/C17H29N3O3/c1-22-16-13-17(23-2)15(18)12-14(16)4-3-5-19-6-8-20(9-7-19)10-11-21/h12-13,21H,3-11,18H2,1-2H3. The van der Waals surface area contributed by atoms with Gasteiger partial charge >= 0.3 is 0 Å². The summed E-state index contributed by atoms with van der Waals surface area (Å²) in [5, 5.41) is 8.97. The van der Waals surface area contributed by atoms with E-state index in [1.54, 1.807) is 14.2 Å². The first kappa shape index (κ1) is 17.8. The molecule has 1 aliphatic heterocycles. The van der Waals surface area contributed by atoms with Crippen LogP contribution in [0.1, 0.15) is 12.0 Å². The smallest absolute Gasteiger partial charge is 0.145 e. The quantitative estimate of drug-likeness (QED) is 0.691. The molecule has 1 aromatic carbocycles. The summed E-state index contributed by atoms with van der Waals surface area (Å²) in [6, 6.07) is 3.81. The lowest BCUT2D eigenvalue weighted by molar-refractivity contribution is 0.112. The van der Waals surface area contributed by atoms with Gasteiger partial charge < -0.3 is 25.2 Å². The third kappa shape index (κ3) is 4.99. The fourth-order valence-electron chi connectivity index (χ4n) is 3.06. The third-order valence-electron chi connectivity index (χ3n) is 4.43. The summed E-state index contributed by atoms with van der Waals surface area (Å²) in [5.74, 6) is 1.49. The van der Waals surface area contributed by atoms with Gasteiger partial charge in [-0.1, -0.05) is 0 Å². The fraction of sp³-hybridized carbons (Fsp3) is 0.647. The van der Waals surface area contributed by atoms with E-state index in [1.807, 2.05) is 12.1 Å². The predicted molar refractivity (Wildman–Crippen MR) is 92.2 cm³/mol. The van der Waals surface area contributed by atoms with Gasteiger partial charge in [-0.2, -0.15) is 0 Å². The number of nitrogens with two attached hydrogens (primary N) is 1. The molecule has 1 saturated heterocycles. The summed E-state index contributed by atoms with van der Waals surface area (Å²) in [7, 11) is 3.29. The van der Waals surface area contributed by atoms with Crippen LogP contribution in [0.5, 0.6) is 11.5 Å². The van der Waals surface area contributed by atoms with E-state index in [2.05, 4.69) is 9.80 Å². The minimum absolute atomic E-state index is 0.249. The highest BCUT2D eigenvalue weighted by atomic mass is 16.5.